The molecular weight excluding hydrogens is 262 g/mol. The van der Waals surface area contributed by atoms with Crippen LogP contribution in [0.5, 0.6) is 5.75 Å². The molecule has 0 unspecified atom stereocenters. The van der Waals surface area contributed by atoms with Crippen LogP contribution in [0.3, 0.4) is 0 Å². The number of para-hydroxylation sites is 1. The first-order valence-corrected chi connectivity index (χ1v) is 7.84. The monoisotopic (exact) mass is 287 g/mol. The number of rotatable bonds is 3. The van der Waals surface area contributed by atoms with E-state index in [4.69, 9.17) is 4.99 Å². The van der Waals surface area contributed by atoms with Gasteiger partial charge in [-0.3, -0.25) is 4.99 Å². The Bertz CT molecular complexity index is 566. The average molecular weight is 287 g/mol. The minimum Gasteiger partial charge on any atom is -0.507 e. The highest BCUT2D eigenvalue weighted by Crippen LogP contribution is 2.69. The first-order valence-electron chi connectivity index (χ1n) is 7.84. The Kier molecular flexibility index (Phi) is 3.36. The minimum atomic E-state index is -0.230. The SMILES string of the molecule is CC1(C)[C@@H]2[C@H]1CC[C@@](C)(N=Cc1ccccc1O)[C@H]2CO. The maximum atomic E-state index is 9.88. The summed E-state index contributed by atoms with van der Waals surface area (Å²) in [5, 5.41) is 19.7. The summed E-state index contributed by atoms with van der Waals surface area (Å²) in [6.07, 6.45) is 3.96. The molecule has 4 atom stereocenters. The number of fused-ring (bicyclic) bond motifs is 1. The molecule has 0 aromatic heterocycles. The van der Waals surface area contributed by atoms with Gasteiger partial charge in [-0.15, -0.1) is 0 Å². The summed E-state index contributed by atoms with van der Waals surface area (Å²) in [5.41, 5.74) is 0.856. The average Bonchev–Trinajstić information content (AvgIpc) is 3.00. The zero-order valence-corrected chi connectivity index (χ0v) is 13.1. The summed E-state index contributed by atoms with van der Waals surface area (Å²) in [7, 11) is 0. The van der Waals surface area contributed by atoms with Gasteiger partial charge in [0.1, 0.15) is 5.75 Å². The standard InChI is InChI=1S/C18H25NO2/c1-17(2)13-8-9-18(3,14(11-20)16(13)17)19-10-12-6-4-5-7-15(12)21/h4-7,10,13-14,16,20-21H,8-9,11H2,1-3H3/t13-,14+,16-,18-/m1/s1. The highest BCUT2D eigenvalue weighted by atomic mass is 16.3. The lowest BCUT2D eigenvalue weighted by molar-refractivity contribution is 0.107. The molecule has 2 aliphatic rings. The molecule has 114 valence electrons. The van der Waals surface area contributed by atoms with Crippen molar-refractivity contribution in [2.24, 2.45) is 28.2 Å². The molecule has 2 aliphatic carbocycles. The number of aliphatic hydroxyl groups excluding tert-OH is 1. The molecule has 3 heteroatoms. The van der Waals surface area contributed by atoms with Gasteiger partial charge in [-0.05, 0) is 49.1 Å². The van der Waals surface area contributed by atoms with Gasteiger partial charge in [-0.2, -0.15) is 0 Å². The van der Waals surface area contributed by atoms with Gasteiger partial charge in [0.05, 0.1) is 5.54 Å². The van der Waals surface area contributed by atoms with Crippen molar-refractivity contribution in [2.45, 2.75) is 39.2 Å². The Morgan fingerprint density at radius 1 is 1.29 bits per heavy atom. The molecule has 0 aliphatic heterocycles. The van der Waals surface area contributed by atoms with Crippen LogP contribution in [-0.2, 0) is 0 Å². The summed E-state index contributed by atoms with van der Waals surface area (Å²) in [5.74, 6) is 1.78. The molecule has 0 heterocycles. The number of hydrogen-bond donors (Lipinski definition) is 2. The van der Waals surface area contributed by atoms with Crippen molar-refractivity contribution in [3.8, 4) is 5.75 Å². The van der Waals surface area contributed by atoms with E-state index in [9.17, 15) is 10.2 Å². The van der Waals surface area contributed by atoms with Gasteiger partial charge in [0.25, 0.3) is 0 Å². The van der Waals surface area contributed by atoms with Gasteiger partial charge >= 0.3 is 0 Å². The summed E-state index contributed by atoms with van der Waals surface area (Å²) in [4.78, 5) is 4.80. The third-order valence-electron chi connectivity index (χ3n) is 5.96. The zero-order valence-electron chi connectivity index (χ0n) is 13.1. The van der Waals surface area contributed by atoms with E-state index in [0.29, 0.717) is 11.3 Å². The summed E-state index contributed by atoms with van der Waals surface area (Å²) >= 11 is 0. The van der Waals surface area contributed by atoms with Crippen molar-refractivity contribution in [3.63, 3.8) is 0 Å². The van der Waals surface area contributed by atoms with E-state index in [1.807, 2.05) is 18.2 Å². The number of hydrogen-bond acceptors (Lipinski definition) is 3. The van der Waals surface area contributed by atoms with Crippen molar-refractivity contribution in [2.75, 3.05) is 6.61 Å². The lowest BCUT2D eigenvalue weighted by Gasteiger charge is -2.37. The third kappa shape index (κ3) is 2.28. The Morgan fingerprint density at radius 3 is 2.67 bits per heavy atom. The van der Waals surface area contributed by atoms with Crippen LogP contribution in [0.1, 0.15) is 39.2 Å². The lowest BCUT2D eigenvalue weighted by atomic mass is 9.74. The van der Waals surface area contributed by atoms with Crippen LogP contribution in [0.15, 0.2) is 29.3 Å². The van der Waals surface area contributed by atoms with Gasteiger partial charge in [-0.25, -0.2) is 0 Å². The van der Waals surface area contributed by atoms with Gasteiger partial charge in [0.15, 0.2) is 0 Å². The Morgan fingerprint density at radius 2 is 2.00 bits per heavy atom. The molecule has 2 fully saturated rings. The fourth-order valence-corrected chi connectivity index (χ4v) is 4.44. The van der Waals surface area contributed by atoms with E-state index < -0.39 is 0 Å². The van der Waals surface area contributed by atoms with Gasteiger partial charge in [0.2, 0.25) is 0 Å². The normalized spacial score (nSPS) is 37.4. The van der Waals surface area contributed by atoms with Crippen LogP contribution in [0.25, 0.3) is 0 Å². The molecule has 0 amide bonds. The first kappa shape index (κ1) is 14.6. The number of aliphatic hydroxyl groups is 1. The van der Waals surface area contributed by atoms with Crippen LogP contribution in [0, 0.1) is 23.2 Å². The lowest BCUT2D eigenvalue weighted by Crippen LogP contribution is -2.40. The molecule has 1 aromatic rings. The number of phenols is 1. The van der Waals surface area contributed by atoms with Crippen molar-refractivity contribution in [3.05, 3.63) is 29.8 Å². The largest absolute Gasteiger partial charge is 0.507 e. The van der Waals surface area contributed by atoms with Crippen LogP contribution >= 0.6 is 0 Å². The third-order valence-corrected chi connectivity index (χ3v) is 5.96. The van der Waals surface area contributed by atoms with Crippen molar-refractivity contribution in [1.82, 2.24) is 0 Å². The molecule has 21 heavy (non-hydrogen) atoms. The van der Waals surface area contributed by atoms with E-state index in [0.717, 1.165) is 17.9 Å². The highest BCUT2D eigenvalue weighted by molar-refractivity contribution is 5.83. The quantitative estimate of drug-likeness (QED) is 0.839. The molecule has 3 rings (SSSR count). The fourth-order valence-electron chi connectivity index (χ4n) is 4.44. The van der Waals surface area contributed by atoms with E-state index in [1.165, 1.54) is 6.42 Å². The molecule has 0 spiro atoms. The van der Waals surface area contributed by atoms with Crippen molar-refractivity contribution >= 4 is 6.21 Å². The van der Waals surface area contributed by atoms with Crippen molar-refractivity contribution < 1.29 is 10.2 Å². The van der Waals surface area contributed by atoms with Gasteiger partial charge in [-0.1, -0.05) is 26.0 Å². The smallest absolute Gasteiger partial charge is 0.124 e. The topological polar surface area (TPSA) is 52.8 Å². The number of nitrogens with zero attached hydrogens (tertiary/aromatic N) is 1. The Hall–Kier alpha value is -1.35. The number of benzene rings is 1. The molecule has 3 nitrogen and oxygen atoms in total. The van der Waals surface area contributed by atoms with E-state index in [-0.39, 0.29) is 23.8 Å². The Balaban J connectivity index is 1.85. The summed E-state index contributed by atoms with van der Waals surface area (Å²) in [6.45, 7) is 6.96. The predicted octanol–water partition coefficient (Wildman–Crippen LogP) is 3.24. The maximum absolute atomic E-state index is 9.88. The van der Waals surface area contributed by atoms with E-state index in [1.54, 1.807) is 12.3 Å². The molecule has 1 aromatic carbocycles. The Labute approximate surface area is 126 Å². The fraction of sp³-hybridized carbons (Fsp3) is 0.611. The van der Waals surface area contributed by atoms with Gasteiger partial charge in [0, 0.05) is 24.3 Å². The van der Waals surface area contributed by atoms with E-state index in [2.05, 4.69) is 20.8 Å². The zero-order chi connectivity index (χ0) is 15.3. The molecule has 2 saturated carbocycles. The summed E-state index contributed by atoms with van der Waals surface area (Å²) < 4.78 is 0. The van der Waals surface area contributed by atoms with Crippen molar-refractivity contribution in [1.29, 1.82) is 0 Å². The van der Waals surface area contributed by atoms with Crippen LogP contribution < -0.4 is 0 Å². The number of phenolic OH excluding ortho intramolecular Hbond substituents is 1. The number of aliphatic imine (C=N–C) groups is 1. The van der Waals surface area contributed by atoms with Gasteiger partial charge < -0.3 is 10.2 Å². The highest BCUT2D eigenvalue weighted by Gasteiger charge is 2.66. The number of aromatic hydroxyl groups is 1. The predicted molar refractivity (Wildman–Crippen MR) is 84.7 cm³/mol. The second-order valence-corrected chi connectivity index (χ2v) is 7.46. The van der Waals surface area contributed by atoms with Crippen LogP contribution in [0.4, 0.5) is 0 Å². The second-order valence-electron chi connectivity index (χ2n) is 7.46. The van der Waals surface area contributed by atoms with Crippen LogP contribution in [-0.4, -0.2) is 28.6 Å². The minimum absolute atomic E-state index is 0.194. The van der Waals surface area contributed by atoms with E-state index >= 15 is 0 Å². The first-order chi connectivity index (χ1) is 9.90. The van der Waals surface area contributed by atoms with Crippen LogP contribution in [0.2, 0.25) is 0 Å². The molecular formula is C18H25NO2. The molecule has 2 N–H and O–H groups in total. The molecule has 0 bridgehead atoms. The second kappa shape index (κ2) is 4.84. The molecule has 0 saturated heterocycles. The maximum Gasteiger partial charge on any atom is 0.124 e. The summed E-state index contributed by atoms with van der Waals surface area (Å²) in [6, 6.07) is 7.24. The molecule has 0 radical (unpaired) electrons.